The summed E-state index contributed by atoms with van der Waals surface area (Å²) in [6, 6.07) is 13.9. The van der Waals surface area contributed by atoms with Crippen LogP contribution in [-0.4, -0.2) is 33.5 Å². The maximum atomic E-state index is 13.8. The van der Waals surface area contributed by atoms with Crippen molar-refractivity contribution in [2.75, 3.05) is 5.75 Å². The molecule has 4 rings (SSSR count). The molecular formula is C24H19F4N3O2S. The van der Waals surface area contributed by atoms with Crippen LogP contribution in [0.2, 0.25) is 0 Å². The zero-order valence-electron chi connectivity index (χ0n) is 17.6. The van der Waals surface area contributed by atoms with Gasteiger partial charge in [-0.15, -0.1) is 11.8 Å². The summed E-state index contributed by atoms with van der Waals surface area (Å²) in [4.78, 5) is 31.8. The fourth-order valence-corrected chi connectivity index (χ4v) is 5.05. The molecule has 1 N–H and O–H groups in total. The quantitative estimate of drug-likeness (QED) is 0.523. The maximum Gasteiger partial charge on any atom is 0.416 e. The summed E-state index contributed by atoms with van der Waals surface area (Å²) in [6.45, 7) is 0.147. The number of carbonyl (C=O) groups excluding carboxylic acids is 2. The lowest BCUT2D eigenvalue weighted by atomic mass is 10.1. The maximum absolute atomic E-state index is 13.8. The third-order valence-corrected chi connectivity index (χ3v) is 6.63. The Hall–Kier alpha value is -3.40. The smallest absolute Gasteiger partial charge is 0.349 e. The number of pyridine rings is 1. The van der Waals surface area contributed by atoms with Gasteiger partial charge in [0.1, 0.15) is 17.2 Å². The number of halogens is 4. The summed E-state index contributed by atoms with van der Waals surface area (Å²) in [5.41, 5.74) is 0.292. The van der Waals surface area contributed by atoms with Gasteiger partial charge in [0.05, 0.1) is 17.8 Å². The molecule has 5 nitrogen and oxygen atoms in total. The average molecular weight is 489 g/mol. The topological polar surface area (TPSA) is 62.3 Å². The number of rotatable bonds is 5. The molecule has 2 atom stereocenters. The summed E-state index contributed by atoms with van der Waals surface area (Å²) >= 11 is 1.26. The number of hydrogen-bond acceptors (Lipinski definition) is 4. The van der Waals surface area contributed by atoms with Crippen molar-refractivity contribution in [2.45, 2.75) is 24.1 Å². The number of aromatic nitrogens is 1. The number of alkyl halides is 3. The second-order valence-electron chi connectivity index (χ2n) is 7.58. The molecule has 0 aliphatic carbocycles. The van der Waals surface area contributed by atoms with Crippen molar-refractivity contribution in [1.82, 2.24) is 15.2 Å². The molecule has 10 heteroatoms. The first kappa shape index (κ1) is 23.7. The van der Waals surface area contributed by atoms with Gasteiger partial charge in [-0.2, -0.15) is 13.2 Å². The van der Waals surface area contributed by atoms with Crippen LogP contribution in [0.4, 0.5) is 17.6 Å². The summed E-state index contributed by atoms with van der Waals surface area (Å²) in [5.74, 6) is -1.41. The second kappa shape index (κ2) is 9.84. The Bertz CT molecular complexity index is 1170. The number of benzene rings is 2. The molecule has 2 aromatic carbocycles. The zero-order chi connectivity index (χ0) is 24.3. The third-order valence-electron chi connectivity index (χ3n) is 5.30. The van der Waals surface area contributed by atoms with E-state index in [1.807, 2.05) is 0 Å². The number of nitrogens with one attached hydrogen (secondary N) is 1. The van der Waals surface area contributed by atoms with E-state index < -0.39 is 40.8 Å². The van der Waals surface area contributed by atoms with Gasteiger partial charge in [-0.3, -0.25) is 14.6 Å². The van der Waals surface area contributed by atoms with Crippen molar-refractivity contribution in [2.24, 2.45) is 0 Å². The number of nitrogens with zero attached hydrogens (tertiary/aromatic N) is 2. The van der Waals surface area contributed by atoms with Gasteiger partial charge in [0.25, 0.3) is 5.91 Å². The van der Waals surface area contributed by atoms with Gasteiger partial charge in [0.15, 0.2) is 0 Å². The Labute approximate surface area is 197 Å². The molecule has 0 spiro atoms. The van der Waals surface area contributed by atoms with E-state index in [9.17, 15) is 27.2 Å². The average Bonchev–Trinajstić information content (AvgIpc) is 3.27. The first-order valence-corrected chi connectivity index (χ1v) is 11.3. The van der Waals surface area contributed by atoms with Gasteiger partial charge in [-0.1, -0.05) is 24.3 Å². The Balaban J connectivity index is 1.62. The van der Waals surface area contributed by atoms with E-state index in [0.717, 1.165) is 18.2 Å². The normalized spacial score (nSPS) is 18.1. The van der Waals surface area contributed by atoms with Gasteiger partial charge >= 0.3 is 6.18 Å². The van der Waals surface area contributed by atoms with Crippen molar-refractivity contribution < 1.29 is 27.2 Å². The number of thioether (sulfide) groups is 1. The Morgan fingerprint density at radius 2 is 1.82 bits per heavy atom. The molecule has 1 fully saturated rings. The minimum absolute atomic E-state index is 0.0435. The summed E-state index contributed by atoms with van der Waals surface area (Å²) in [7, 11) is 0. The van der Waals surface area contributed by atoms with Gasteiger partial charge in [0, 0.05) is 17.5 Å². The van der Waals surface area contributed by atoms with Gasteiger partial charge in [-0.05, 0) is 48.0 Å². The van der Waals surface area contributed by atoms with Gasteiger partial charge in [-0.25, -0.2) is 4.39 Å². The molecule has 34 heavy (non-hydrogen) atoms. The molecule has 176 valence electrons. The first-order valence-electron chi connectivity index (χ1n) is 10.3. The van der Waals surface area contributed by atoms with Crippen molar-refractivity contribution >= 4 is 23.6 Å². The van der Waals surface area contributed by atoms with Crippen LogP contribution >= 0.6 is 11.8 Å². The fourth-order valence-electron chi connectivity index (χ4n) is 3.62. The minimum Gasteiger partial charge on any atom is -0.349 e. The Morgan fingerprint density at radius 1 is 1.06 bits per heavy atom. The summed E-state index contributed by atoms with van der Waals surface area (Å²) in [6.07, 6.45) is -2.90. The lowest BCUT2D eigenvalue weighted by Gasteiger charge is -2.29. The highest BCUT2D eigenvalue weighted by Crippen LogP contribution is 2.43. The fraction of sp³-hybridized carbons (Fsp3) is 0.208. The molecule has 3 aromatic rings. The van der Waals surface area contributed by atoms with E-state index in [-0.39, 0.29) is 17.9 Å². The number of carbonyl (C=O) groups is 2. The number of amides is 2. The van der Waals surface area contributed by atoms with E-state index in [2.05, 4.69) is 10.3 Å². The van der Waals surface area contributed by atoms with E-state index in [1.165, 1.54) is 47.0 Å². The molecule has 1 aromatic heterocycles. The Morgan fingerprint density at radius 3 is 2.47 bits per heavy atom. The molecule has 2 heterocycles. The van der Waals surface area contributed by atoms with Crippen LogP contribution in [0.1, 0.15) is 32.6 Å². The third kappa shape index (κ3) is 5.22. The number of hydrogen-bond donors (Lipinski definition) is 1. The highest BCUT2D eigenvalue weighted by Gasteiger charge is 2.43. The lowest BCUT2D eigenvalue weighted by Crippen LogP contribution is -2.47. The molecule has 1 saturated heterocycles. The molecule has 2 amide bonds. The summed E-state index contributed by atoms with van der Waals surface area (Å²) in [5, 5.41) is 2.04. The van der Waals surface area contributed by atoms with E-state index in [4.69, 9.17) is 0 Å². The van der Waals surface area contributed by atoms with Crippen LogP contribution in [0.25, 0.3) is 0 Å². The minimum atomic E-state index is -4.49. The predicted molar refractivity (Wildman–Crippen MR) is 119 cm³/mol. The SMILES string of the molecule is O=C(NCc1ccccn1)C1CSC(c2ccc(C(F)(F)F)cc2)N1C(=O)c1cccc(F)c1. The molecular weight excluding hydrogens is 470 g/mol. The van der Waals surface area contributed by atoms with Crippen molar-refractivity contribution in [3.05, 3.63) is 101 Å². The molecule has 0 bridgehead atoms. The van der Waals surface area contributed by atoms with Crippen molar-refractivity contribution in [3.63, 3.8) is 0 Å². The van der Waals surface area contributed by atoms with Crippen molar-refractivity contribution in [3.8, 4) is 0 Å². The lowest BCUT2D eigenvalue weighted by molar-refractivity contribution is -0.137. The van der Waals surface area contributed by atoms with Crippen LogP contribution in [0, 0.1) is 5.82 Å². The van der Waals surface area contributed by atoms with Gasteiger partial charge in [0.2, 0.25) is 5.91 Å². The van der Waals surface area contributed by atoms with E-state index in [0.29, 0.717) is 11.3 Å². The van der Waals surface area contributed by atoms with Crippen LogP contribution in [-0.2, 0) is 17.5 Å². The van der Waals surface area contributed by atoms with Crippen LogP contribution in [0.5, 0.6) is 0 Å². The highest BCUT2D eigenvalue weighted by atomic mass is 32.2. The van der Waals surface area contributed by atoms with E-state index in [1.54, 1.807) is 24.4 Å². The Kier molecular flexibility index (Phi) is 6.87. The van der Waals surface area contributed by atoms with E-state index >= 15 is 0 Å². The zero-order valence-corrected chi connectivity index (χ0v) is 18.4. The molecule has 2 unspecified atom stereocenters. The van der Waals surface area contributed by atoms with Crippen molar-refractivity contribution in [1.29, 1.82) is 0 Å². The first-order chi connectivity index (χ1) is 16.2. The van der Waals surface area contributed by atoms with Crippen LogP contribution < -0.4 is 5.32 Å². The highest BCUT2D eigenvalue weighted by molar-refractivity contribution is 7.99. The monoisotopic (exact) mass is 489 g/mol. The van der Waals surface area contributed by atoms with Crippen LogP contribution in [0.15, 0.2) is 72.9 Å². The molecule has 0 saturated carbocycles. The second-order valence-corrected chi connectivity index (χ2v) is 8.70. The molecule has 1 aliphatic heterocycles. The summed E-state index contributed by atoms with van der Waals surface area (Å²) < 4.78 is 52.8. The van der Waals surface area contributed by atoms with Gasteiger partial charge < -0.3 is 10.2 Å². The van der Waals surface area contributed by atoms with Crippen LogP contribution in [0.3, 0.4) is 0 Å². The molecule has 1 aliphatic rings. The molecule has 0 radical (unpaired) electrons. The largest absolute Gasteiger partial charge is 0.416 e. The standard InChI is InChI=1S/C24H19F4N3O2S/c25-18-5-3-4-16(12-18)22(33)31-20(21(32)30-13-19-6-1-2-11-29-19)14-34-23(31)15-7-9-17(10-8-15)24(26,27)28/h1-12,20,23H,13-14H2,(H,30,32). The predicted octanol–water partition coefficient (Wildman–Crippen LogP) is 4.81.